The van der Waals surface area contributed by atoms with Crippen LogP contribution in [0.3, 0.4) is 0 Å². The van der Waals surface area contributed by atoms with Crippen molar-refractivity contribution in [3.05, 3.63) is 0 Å². The molecule has 4 aliphatic carbocycles. The fourth-order valence-electron chi connectivity index (χ4n) is 10.6. The SMILES string of the molecule is COC(=O)CC[C@@H](C)[C@H]1CC[C@H]2[C@@H]3C(/C=N\S(=O)(=O)O)C(O[Si](C)(C)C(C)(C)C)[C@@H]4CC(O[Si](C)(C)C(C)(C)C)CC[C@]4(C)[C@H]3CC[C@]12C. The number of esters is 1. The van der Waals surface area contributed by atoms with Gasteiger partial charge in [0.15, 0.2) is 16.6 Å². The van der Waals surface area contributed by atoms with E-state index in [4.69, 9.17) is 13.6 Å². The fourth-order valence-corrected chi connectivity index (χ4v) is 13.7. The van der Waals surface area contributed by atoms with Crippen LogP contribution in [0, 0.1) is 52.3 Å². The Hall–Kier alpha value is -0.596. The first kappa shape index (κ1) is 41.2. The maximum Gasteiger partial charge on any atom is 0.378 e. The van der Waals surface area contributed by atoms with Crippen molar-refractivity contribution < 1.29 is 31.4 Å². The van der Waals surface area contributed by atoms with Crippen molar-refractivity contribution in [3.8, 4) is 0 Å². The zero-order valence-corrected chi connectivity index (χ0v) is 36.2. The molecule has 4 rings (SSSR count). The predicted molar refractivity (Wildman–Crippen MR) is 204 cm³/mol. The third-order valence-corrected chi connectivity index (χ3v) is 24.8. The number of fused-ring (bicyclic) bond motifs is 5. The molecule has 11 heteroatoms. The molecule has 1 N–H and O–H groups in total. The van der Waals surface area contributed by atoms with Gasteiger partial charge in [0.2, 0.25) is 0 Å². The van der Waals surface area contributed by atoms with E-state index in [2.05, 4.69) is 92.9 Å². The van der Waals surface area contributed by atoms with Crippen molar-refractivity contribution in [1.29, 1.82) is 0 Å². The Morgan fingerprint density at radius 2 is 1.45 bits per heavy atom. The third-order valence-electron chi connectivity index (χ3n) is 15.4. The lowest BCUT2D eigenvalue weighted by molar-refractivity contribution is -0.182. The normalized spacial score (nSPS) is 38.1. The standard InChI is InChI=1S/C38H71NO7SSi2/c1-25(15-18-32(40)44-10)28-16-17-29-33-27(24-39-47(41,42)43)34(46-49(13,14)36(5,6)7)31-23-26(45-48(11,12)35(2,3)4)19-21-38(31,9)30(33)20-22-37(28,29)8/h24-31,33-34H,15-23H2,1-14H3,(H,41,42,43)/b39-24-/t25-,26?,27?,28-,29+,30+,31+,33+,34?,37-,38-/m1/s1. The van der Waals surface area contributed by atoms with Gasteiger partial charge >= 0.3 is 16.3 Å². The van der Waals surface area contributed by atoms with Gasteiger partial charge in [-0.15, -0.1) is 0 Å². The van der Waals surface area contributed by atoms with E-state index >= 15 is 0 Å². The van der Waals surface area contributed by atoms with E-state index in [1.54, 1.807) is 6.21 Å². The smallest absolute Gasteiger partial charge is 0.378 e. The Kier molecular flexibility index (Phi) is 11.8. The maximum absolute atomic E-state index is 12.3. The van der Waals surface area contributed by atoms with Crippen LogP contribution in [0.5, 0.6) is 0 Å². The largest absolute Gasteiger partial charge is 0.469 e. The van der Waals surface area contributed by atoms with Crippen LogP contribution in [-0.2, 0) is 28.7 Å². The first-order valence-electron chi connectivity index (χ1n) is 19.1. The van der Waals surface area contributed by atoms with E-state index in [-0.39, 0.29) is 56.8 Å². The van der Waals surface area contributed by atoms with Crippen LogP contribution in [0.2, 0.25) is 36.3 Å². The summed E-state index contributed by atoms with van der Waals surface area (Å²) in [4.78, 5) is 12.1. The number of rotatable bonds is 10. The second-order valence-corrected chi connectivity index (χ2v) is 30.7. The molecule has 0 aromatic carbocycles. The lowest BCUT2D eigenvalue weighted by Gasteiger charge is -2.66. The van der Waals surface area contributed by atoms with Crippen LogP contribution >= 0.6 is 0 Å². The minimum atomic E-state index is -4.57. The topological polar surface area (TPSA) is 111 Å². The van der Waals surface area contributed by atoms with E-state index in [0.29, 0.717) is 30.1 Å². The number of carbonyl (C=O) groups is 1. The number of methoxy groups -OCH3 is 1. The third kappa shape index (κ3) is 8.16. The molecule has 0 aromatic heterocycles. The molecule has 0 saturated heterocycles. The van der Waals surface area contributed by atoms with Crippen molar-refractivity contribution in [2.45, 2.75) is 169 Å². The van der Waals surface area contributed by atoms with Crippen molar-refractivity contribution in [2.75, 3.05) is 7.11 Å². The zero-order chi connectivity index (χ0) is 37.2. The molecule has 0 bridgehead atoms. The Morgan fingerprint density at radius 1 is 0.898 bits per heavy atom. The van der Waals surface area contributed by atoms with Gasteiger partial charge in [0, 0.05) is 24.7 Å². The van der Waals surface area contributed by atoms with Gasteiger partial charge in [-0.1, -0.05) is 62.3 Å². The van der Waals surface area contributed by atoms with E-state index in [1.807, 2.05) is 0 Å². The van der Waals surface area contributed by atoms with Gasteiger partial charge in [-0.05, 0) is 134 Å². The van der Waals surface area contributed by atoms with Crippen LogP contribution in [0.25, 0.3) is 0 Å². The number of carbonyl (C=O) groups excluding carboxylic acids is 1. The maximum atomic E-state index is 12.3. The second-order valence-electron chi connectivity index (χ2n) is 20.1. The molecule has 11 atom stereocenters. The predicted octanol–water partition coefficient (Wildman–Crippen LogP) is 9.72. The number of ether oxygens (including phenoxy) is 1. The summed E-state index contributed by atoms with van der Waals surface area (Å²) in [5.41, 5.74) is 0.0809. The van der Waals surface area contributed by atoms with Gasteiger partial charge in [0.05, 0.1) is 13.2 Å². The van der Waals surface area contributed by atoms with Crippen molar-refractivity contribution in [3.63, 3.8) is 0 Å². The molecular formula is C38H71NO7SSi2. The second kappa shape index (κ2) is 14.0. The highest BCUT2D eigenvalue weighted by atomic mass is 32.2. The summed E-state index contributed by atoms with van der Waals surface area (Å²) in [5, 5.41) is 0.0687. The molecule has 0 aliphatic heterocycles. The van der Waals surface area contributed by atoms with Crippen LogP contribution in [0.1, 0.15) is 120 Å². The lowest BCUT2D eigenvalue weighted by Crippen LogP contribution is -2.65. The summed E-state index contributed by atoms with van der Waals surface area (Å²) >= 11 is 0. The molecule has 4 saturated carbocycles. The minimum absolute atomic E-state index is 0.0172. The summed E-state index contributed by atoms with van der Waals surface area (Å²) < 4.78 is 58.1. The summed E-state index contributed by atoms with van der Waals surface area (Å²) in [6, 6.07) is 0. The van der Waals surface area contributed by atoms with E-state index in [1.165, 1.54) is 7.11 Å². The highest BCUT2D eigenvalue weighted by molar-refractivity contribution is 7.84. The van der Waals surface area contributed by atoms with E-state index < -0.39 is 26.9 Å². The first-order valence-corrected chi connectivity index (χ1v) is 26.4. The van der Waals surface area contributed by atoms with Crippen LogP contribution in [0.15, 0.2) is 4.40 Å². The summed E-state index contributed by atoms with van der Waals surface area (Å²) in [6.07, 6.45) is 10.2. The van der Waals surface area contributed by atoms with Crippen molar-refractivity contribution >= 4 is 39.1 Å². The van der Waals surface area contributed by atoms with Gasteiger partial charge in [-0.3, -0.25) is 9.35 Å². The molecule has 0 amide bonds. The number of hydrogen-bond acceptors (Lipinski definition) is 6. The van der Waals surface area contributed by atoms with Gasteiger partial charge in [0.1, 0.15) is 0 Å². The minimum Gasteiger partial charge on any atom is -0.469 e. The van der Waals surface area contributed by atoms with Crippen molar-refractivity contribution in [1.82, 2.24) is 0 Å². The fraction of sp³-hybridized carbons (Fsp3) is 0.947. The summed E-state index contributed by atoms with van der Waals surface area (Å²) in [5.74, 6) is 1.61. The molecule has 0 aromatic rings. The number of nitrogens with zero attached hydrogens (tertiary/aromatic N) is 1. The summed E-state index contributed by atoms with van der Waals surface area (Å²) in [7, 11) is -7.47. The molecule has 0 spiro atoms. The van der Waals surface area contributed by atoms with Gasteiger partial charge in [-0.25, -0.2) is 0 Å². The van der Waals surface area contributed by atoms with Gasteiger partial charge in [-0.2, -0.15) is 12.8 Å². The zero-order valence-electron chi connectivity index (χ0n) is 33.4. The molecule has 4 aliphatic rings. The average molecular weight is 742 g/mol. The Labute approximate surface area is 301 Å². The lowest BCUT2D eigenvalue weighted by atomic mass is 9.41. The molecule has 3 unspecified atom stereocenters. The van der Waals surface area contributed by atoms with Gasteiger partial charge in [0.25, 0.3) is 0 Å². The molecule has 0 heterocycles. The average Bonchev–Trinajstić information content (AvgIpc) is 3.31. The Morgan fingerprint density at radius 3 is 2.00 bits per heavy atom. The molecule has 8 nitrogen and oxygen atoms in total. The highest BCUT2D eigenvalue weighted by Gasteiger charge is 2.66. The first-order chi connectivity index (χ1) is 22.2. The van der Waals surface area contributed by atoms with Gasteiger partial charge < -0.3 is 13.6 Å². The van der Waals surface area contributed by atoms with E-state index in [0.717, 1.165) is 51.4 Å². The summed E-state index contributed by atoms with van der Waals surface area (Å²) in [6.45, 7) is 30.3. The Balaban J connectivity index is 1.82. The van der Waals surface area contributed by atoms with Crippen LogP contribution in [0.4, 0.5) is 0 Å². The molecular weight excluding hydrogens is 671 g/mol. The molecule has 49 heavy (non-hydrogen) atoms. The van der Waals surface area contributed by atoms with Crippen LogP contribution in [-0.4, -0.2) is 61.1 Å². The molecule has 0 radical (unpaired) electrons. The molecule has 284 valence electrons. The number of hydrogen-bond donors (Lipinski definition) is 1. The quantitative estimate of drug-likeness (QED) is 0.103. The van der Waals surface area contributed by atoms with Crippen molar-refractivity contribution in [2.24, 2.45) is 56.7 Å². The van der Waals surface area contributed by atoms with Crippen LogP contribution < -0.4 is 0 Å². The highest BCUT2D eigenvalue weighted by Crippen LogP contribution is 2.70. The monoisotopic (exact) mass is 741 g/mol. The Bertz CT molecular complexity index is 1340. The van der Waals surface area contributed by atoms with E-state index in [9.17, 15) is 17.8 Å². The molecule has 4 fully saturated rings.